The summed E-state index contributed by atoms with van der Waals surface area (Å²) in [6, 6.07) is 0. The molecular weight excluding hydrogens is 312 g/mol. The first-order chi connectivity index (χ1) is 11.6. The molecule has 8 nitrogen and oxygen atoms in total. The molecule has 0 radical (unpaired) electrons. The molecule has 24 heavy (non-hydrogen) atoms. The van der Waals surface area contributed by atoms with E-state index in [-0.39, 0.29) is 6.61 Å². The van der Waals surface area contributed by atoms with Crippen LogP contribution < -0.4 is 5.73 Å². The van der Waals surface area contributed by atoms with Crippen LogP contribution in [0.25, 0.3) is 16.6 Å². The number of aliphatic hydroxyl groups excluding tert-OH is 3. The van der Waals surface area contributed by atoms with E-state index in [1.807, 2.05) is 12.2 Å². The lowest BCUT2D eigenvalue weighted by Gasteiger charge is -2.17. The van der Waals surface area contributed by atoms with Gasteiger partial charge in [0.1, 0.15) is 36.1 Å². The van der Waals surface area contributed by atoms with E-state index in [9.17, 15) is 15.3 Å². The van der Waals surface area contributed by atoms with Crippen molar-refractivity contribution in [1.82, 2.24) is 14.5 Å². The van der Waals surface area contributed by atoms with Crippen molar-refractivity contribution in [3.8, 4) is 0 Å². The largest absolute Gasteiger partial charge is 0.394 e. The number of aliphatic hydroxyl groups is 3. The SMILES string of the molecule is Nc1ncnc2c1c(C1=CCC=C1)cn2[C@@H]1O[C@H](CO)C(O)[C@@H]1O. The first-order valence-electron chi connectivity index (χ1n) is 7.72. The van der Waals surface area contributed by atoms with Crippen molar-refractivity contribution in [2.45, 2.75) is 31.0 Å². The second kappa shape index (κ2) is 5.67. The Hall–Kier alpha value is -2.26. The van der Waals surface area contributed by atoms with Crippen molar-refractivity contribution in [3.05, 3.63) is 36.3 Å². The fourth-order valence-corrected chi connectivity index (χ4v) is 3.29. The summed E-state index contributed by atoms with van der Waals surface area (Å²) in [6.07, 6.45) is 5.97. The van der Waals surface area contributed by atoms with Gasteiger partial charge in [-0.25, -0.2) is 9.97 Å². The first-order valence-corrected chi connectivity index (χ1v) is 7.72. The summed E-state index contributed by atoms with van der Waals surface area (Å²) in [5.74, 6) is 0.335. The number of aromatic nitrogens is 3. The lowest BCUT2D eigenvalue weighted by atomic mass is 10.1. The van der Waals surface area contributed by atoms with E-state index in [0.717, 1.165) is 17.6 Å². The molecule has 1 aliphatic heterocycles. The van der Waals surface area contributed by atoms with Crippen LogP contribution in [0.3, 0.4) is 0 Å². The van der Waals surface area contributed by atoms with Gasteiger partial charge in [0, 0.05) is 11.8 Å². The Morgan fingerprint density at radius 1 is 1.29 bits per heavy atom. The number of hydrogen-bond acceptors (Lipinski definition) is 7. The van der Waals surface area contributed by atoms with Gasteiger partial charge in [0.05, 0.1) is 12.0 Å². The number of nitrogens with two attached hydrogens (primary N) is 1. The van der Waals surface area contributed by atoms with Crippen LogP contribution in [0.1, 0.15) is 18.2 Å². The predicted octanol–water partition coefficient (Wildman–Crippen LogP) is -0.0317. The van der Waals surface area contributed by atoms with Crippen molar-refractivity contribution in [3.63, 3.8) is 0 Å². The van der Waals surface area contributed by atoms with Crippen LogP contribution >= 0.6 is 0 Å². The van der Waals surface area contributed by atoms with Gasteiger partial charge in [-0.15, -0.1) is 0 Å². The van der Waals surface area contributed by atoms with Crippen molar-refractivity contribution in [2.24, 2.45) is 0 Å². The minimum absolute atomic E-state index is 0.335. The topological polar surface area (TPSA) is 127 Å². The number of rotatable bonds is 3. The summed E-state index contributed by atoms with van der Waals surface area (Å²) < 4.78 is 7.26. The molecule has 0 aromatic carbocycles. The molecule has 2 aliphatic rings. The number of ether oxygens (including phenoxy) is 1. The van der Waals surface area contributed by atoms with E-state index < -0.39 is 24.5 Å². The van der Waals surface area contributed by atoms with E-state index >= 15 is 0 Å². The molecule has 0 spiro atoms. The van der Waals surface area contributed by atoms with E-state index in [2.05, 4.69) is 16.0 Å². The van der Waals surface area contributed by atoms with Crippen molar-refractivity contribution in [2.75, 3.05) is 12.3 Å². The van der Waals surface area contributed by atoms with Gasteiger partial charge < -0.3 is 30.4 Å². The average Bonchev–Trinajstić information content (AvgIpc) is 3.28. The maximum absolute atomic E-state index is 10.3. The smallest absolute Gasteiger partial charge is 0.164 e. The van der Waals surface area contributed by atoms with Gasteiger partial charge in [-0.2, -0.15) is 0 Å². The Labute approximate surface area is 137 Å². The van der Waals surface area contributed by atoms with Gasteiger partial charge in [-0.05, 0) is 12.0 Å². The monoisotopic (exact) mass is 330 g/mol. The van der Waals surface area contributed by atoms with Crippen LogP contribution in [0.5, 0.6) is 0 Å². The van der Waals surface area contributed by atoms with E-state index in [1.54, 1.807) is 10.8 Å². The Morgan fingerprint density at radius 3 is 2.79 bits per heavy atom. The fourth-order valence-electron chi connectivity index (χ4n) is 3.29. The molecule has 2 aromatic heterocycles. The molecule has 0 saturated carbocycles. The number of nitrogens with zero attached hydrogens (tertiary/aromatic N) is 3. The number of anilines is 1. The summed E-state index contributed by atoms with van der Waals surface area (Å²) in [7, 11) is 0. The van der Waals surface area contributed by atoms with Gasteiger partial charge in [0.15, 0.2) is 6.23 Å². The third-order valence-corrected chi connectivity index (χ3v) is 4.51. The molecule has 3 heterocycles. The molecular formula is C16H18N4O4. The zero-order valence-electron chi connectivity index (χ0n) is 12.8. The number of fused-ring (bicyclic) bond motifs is 1. The highest BCUT2D eigenvalue weighted by atomic mass is 16.6. The summed E-state index contributed by atoms with van der Waals surface area (Å²) in [6.45, 7) is -0.383. The molecule has 0 bridgehead atoms. The maximum Gasteiger partial charge on any atom is 0.164 e. The number of hydrogen-bond donors (Lipinski definition) is 4. The third-order valence-electron chi connectivity index (χ3n) is 4.51. The quantitative estimate of drug-likeness (QED) is 0.622. The third kappa shape index (κ3) is 2.15. The lowest BCUT2D eigenvalue weighted by Crippen LogP contribution is -2.33. The standard InChI is InChI=1S/C16H18N4O4/c17-14-11-9(8-3-1-2-4-8)5-20(15(11)19-7-18-14)16-13(23)12(22)10(6-21)24-16/h1,3-5,7,10,12-13,16,21-23H,2,6H2,(H2,17,18,19)/t10-,12?,13+,16-/m1/s1. The van der Waals surface area contributed by atoms with Crippen LogP contribution in [0, 0.1) is 0 Å². The Morgan fingerprint density at radius 2 is 2.12 bits per heavy atom. The highest BCUT2D eigenvalue weighted by molar-refractivity contribution is 6.00. The molecule has 1 saturated heterocycles. The lowest BCUT2D eigenvalue weighted by molar-refractivity contribution is -0.0508. The molecule has 126 valence electrons. The second-order valence-electron chi connectivity index (χ2n) is 5.93. The molecule has 0 amide bonds. The average molecular weight is 330 g/mol. The minimum Gasteiger partial charge on any atom is -0.394 e. The zero-order valence-corrected chi connectivity index (χ0v) is 12.8. The van der Waals surface area contributed by atoms with Gasteiger partial charge in [-0.1, -0.05) is 18.2 Å². The van der Waals surface area contributed by atoms with E-state index in [1.165, 1.54) is 6.33 Å². The summed E-state index contributed by atoms with van der Waals surface area (Å²) in [5.41, 5.74) is 8.39. The molecule has 1 unspecified atom stereocenters. The molecule has 1 fully saturated rings. The van der Waals surface area contributed by atoms with Crippen LogP contribution in [-0.2, 0) is 4.74 Å². The minimum atomic E-state index is -1.19. The summed E-state index contributed by atoms with van der Waals surface area (Å²) >= 11 is 0. The molecule has 1 aliphatic carbocycles. The van der Waals surface area contributed by atoms with E-state index in [0.29, 0.717) is 16.9 Å². The summed E-state index contributed by atoms with van der Waals surface area (Å²) in [5, 5.41) is 30.3. The van der Waals surface area contributed by atoms with Crippen LogP contribution in [0.15, 0.2) is 30.8 Å². The van der Waals surface area contributed by atoms with Gasteiger partial charge >= 0.3 is 0 Å². The Kier molecular flexibility index (Phi) is 3.61. The normalized spacial score (nSPS) is 29.5. The van der Waals surface area contributed by atoms with Crippen LogP contribution in [-0.4, -0.2) is 54.8 Å². The number of allylic oxidation sites excluding steroid dienone is 4. The van der Waals surface area contributed by atoms with Gasteiger partial charge in [-0.3, -0.25) is 0 Å². The molecule has 4 atom stereocenters. The first kappa shape index (κ1) is 15.3. The van der Waals surface area contributed by atoms with Crippen molar-refractivity contribution >= 4 is 22.4 Å². The van der Waals surface area contributed by atoms with Crippen LogP contribution in [0.2, 0.25) is 0 Å². The molecule has 4 rings (SSSR count). The Bertz CT molecular complexity index is 844. The molecule has 5 N–H and O–H groups in total. The van der Waals surface area contributed by atoms with Crippen LogP contribution in [0.4, 0.5) is 5.82 Å². The predicted molar refractivity (Wildman–Crippen MR) is 86.7 cm³/mol. The van der Waals surface area contributed by atoms with Gasteiger partial charge in [0.2, 0.25) is 0 Å². The fraction of sp³-hybridized carbons (Fsp3) is 0.375. The highest BCUT2D eigenvalue weighted by Gasteiger charge is 2.44. The highest BCUT2D eigenvalue weighted by Crippen LogP contribution is 2.37. The molecule has 2 aromatic rings. The van der Waals surface area contributed by atoms with Crippen molar-refractivity contribution < 1.29 is 20.1 Å². The molecule has 8 heteroatoms. The number of nitrogen functional groups attached to an aromatic ring is 1. The second-order valence-corrected chi connectivity index (χ2v) is 5.93. The van der Waals surface area contributed by atoms with E-state index in [4.69, 9.17) is 10.5 Å². The Balaban J connectivity index is 1.88. The zero-order chi connectivity index (χ0) is 16.8. The summed E-state index contributed by atoms with van der Waals surface area (Å²) in [4.78, 5) is 8.33. The van der Waals surface area contributed by atoms with Crippen molar-refractivity contribution in [1.29, 1.82) is 0 Å². The maximum atomic E-state index is 10.3. The van der Waals surface area contributed by atoms with Gasteiger partial charge in [0.25, 0.3) is 0 Å².